The molecule has 2 atom stereocenters. The lowest BCUT2D eigenvalue weighted by Gasteiger charge is -2.43. The van der Waals surface area contributed by atoms with E-state index in [1.54, 1.807) is 35.2 Å². The van der Waals surface area contributed by atoms with Crippen LogP contribution in [0.2, 0.25) is 0 Å². The van der Waals surface area contributed by atoms with E-state index in [9.17, 15) is 39.9 Å². The predicted molar refractivity (Wildman–Crippen MR) is 111 cm³/mol. The van der Waals surface area contributed by atoms with E-state index in [-0.39, 0.29) is 44.6 Å². The van der Waals surface area contributed by atoms with E-state index < -0.39 is 53.3 Å². The fourth-order valence-corrected chi connectivity index (χ4v) is 4.90. The Morgan fingerprint density at radius 2 is 1.49 bits per heavy atom. The van der Waals surface area contributed by atoms with E-state index in [1.807, 2.05) is 0 Å². The molecule has 0 spiro atoms. The number of hydrogen-bond acceptors (Lipinski definition) is 2. The molecule has 3 nitrogen and oxygen atoms in total. The van der Waals surface area contributed by atoms with E-state index in [2.05, 4.69) is 0 Å². The van der Waals surface area contributed by atoms with Crippen LogP contribution < -0.4 is 0 Å². The van der Waals surface area contributed by atoms with E-state index >= 15 is 0 Å². The number of alkyl halides is 8. The third-order valence-corrected chi connectivity index (χ3v) is 6.59. The summed E-state index contributed by atoms with van der Waals surface area (Å²) >= 11 is 0. The average molecular weight is 506 g/mol. The minimum atomic E-state index is -5.07. The zero-order valence-corrected chi connectivity index (χ0v) is 18.3. The maximum absolute atomic E-state index is 13.9. The third-order valence-electron chi connectivity index (χ3n) is 6.59. The van der Waals surface area contributed by atoms with Gasteiger partial charge < -0.3 is 4.90 Å². The molecule has 11 heteroatoms. The van der Waals surface area contributed by atoms with Crippen molar-refractivity contribution in [2.45, 2.75) is 43.1 Å². The minimum Gasteiger partial charge on any atom is -0.338 e. The monoisotopic (exact) mass is 506 g/mol. The zero-order chi connectivity index (χ0) is 25.6. The van der Waals surface area contributed by atoms with E-state index in [0.29, 0.717) is 12.1 Å². The molecule has 2 aromatic rings. The van der Waals surface area contributed by atoms with Crippen LogP contribution in [0.4, 0.5) is 35.1 Å². The van der Waals surface area contributed by atoms with Gasteiger partial charge in [-0.3, -0.25) is 9.69 Å². The Kier molecular flexibility index (Phi) is 6.58. The van der Waals surface area contributed by atoms with Crippen LogP contribution in [-0.2, 0) is 12.4 Å². The maximum Gasteiger partial charge on any atom is 0.416 e. The van der Waals surface area contributed by atoms with Crippen molar-refractivity contribution >= 4 is 5.91 Å². The average Bonchev–Trinajstić information content (AvgIpc) is 3.16. The molecule has 4 rings (SSSR count). The summed E-state index contributed by atoms with van der Waals surface area (Å²) in [7, 11) is 0. The van der Waals surface area contributed by atoms with Crippen molar-refractivity contribution < 1.29 is 39.9 Å². The summed E-state index contributed by atoms with van der Waals surface area (Å²) in [5.41, 5.74) is -3.09. The normalized spacial score (nSPS) is 23.5. The quantitative estimate of drug-likeness (QED) is 0.473. The standard InChI is InChI=1S/C24H22F8N2O/c25-22(26)7-9-34(14-22)20-6-8-33(13-19(20)15-4-2-1-3-5-15)21(35)16-10-17(23(27,28)29)12-18(11-16)24(30,31)32/h1-5,10-12,19-20H,6-9,13-14H2/t19-,20-/m0/s1. The maximum atomic E-state index is 13.9. The first-order valence-electron chi connectivity index (χ1n) is 11.0. The molecule has 0 aliphatic carbocycles. The second-order valence-electron chi connectivity index (χ2n) is 9.00. The Labute approximate surface area is 196 Å². The Hall–Kier alpha value is -2.69. The predicted octanol–water partition coefficient (Wildman–Crippen LogP) is 6.06. The summed E-state index contributed by atoms with van der Waals surface area (Å²) in [6, 6.07) is 9.26. The van der Waals surface area contributed by atoms with Crippen LogP contribution in [-0.4, -0.2) is 53.9 Å². The Morgan fingerprint density at radius 1 is 0.886 bits per heavy atom. The topological polar surface area (TPSA) is 23.6 Å². The van der Waals surface area contributed by atoms with Crippen LogP contribution in [0.5, 0.6) is 0 Å². The van der Waals surface area contributed by atoms with Crippen molar-refractivity contribution in [3.8, 4) is 0 Å². The Morgan fingerprint density at radius 3 is 2.00 bits per heavy atom. The van der Waals surface area contributed by atoms with Gasteiger partial charge in [-0.25, -0.2) is 8.78 Å². The van der Waals surface area contributed by atoms with Crippen LogP contribution in [0, 0.1) is 0 Å². The lowest BCUT2D eigenvalue weighted by atomic mass is 9.84. The summed E-state index contributed by atoms with van der Waals surface area (Å²) in [6.07, 6.45) is -10.2. The van der Waals surface area contributed by atoms with E-state index in [1.165, 1.54) is 4.90 Å². The van der Waals surface area contributed by atoms with Gasteiger partial charge in [0.2, 0.25) is 0 Å². The number of carbonyl (C=O) groups is 1. The molecule has 2 heterocycles. The Balaban J connectivity index is 1.64. The van der Waals surface area contributed by atoms with Gasteiger partial charge in [-0.2, -0.15) is 26.3 Å². The number of likely N-dealkylation sites (tertiary alicyclic amines) is 2. The molecule has 0 radical (unpaired) electrons. The zero-order valence-electron chi connectivity index (χ0n) is 18.3. The van der Waals surface area contributed by atoms with Gasteiger partial charge in [0.25, 0.3) is 11.8 Å². The number of piperidine rings is 1. The summed E-state index contributed by atoms with van der Waals surface area (Å²) in [4.78, 5) is 16.0. The molecule has 35 heavy (non-hydrogen) atoms. The van der Waals surface area contributed by atoms with Crippen molar-refractivity contribution in [1.29, 1.82) is 0 Å². The molecule has 0 N–H and O–H groups in total. The fourth-order valence-electron chi connectivity index (χ4n) is 4.90. The molecule has 1 amide bonds. The van der Waals surface area contributed by atoms with Gasteiger partial charge in [0.15, 0.2) is 0 Å². The second kappa shape index (κ2) is 9.07. The first-order chi connectivity index (χ1) is 16.2. The second-order valence-corrected chi connectivity index (χ2v) is 9.00. The number of carbonyl (C=O) groups excluding carboxylic acids is 1. The van der Waals surface area contributed by atoms with Gasteiger partial charge in [0.05, 0.1) is 17.7 Å². The third kappa shape index (κ3) is 5.60. The molecule has 2 aliphatic heterocycles. The van der Waals surface area contributed by atoms with Gasteiger partial charge in [-0.15, -0.1) is 0 Å². The first kappa shape index (κ1) is 25.4. The summed E-state index contributed by atoms with van der Waals surface area (Å²) < 4.78 is 107. The molecule has 0 unspecified atom stereocenters. The largest absolute Gasteiger partial charge is 0.416 e. The van der Waals surface area contributed by atoms with Gasteiger partial charge in [-0.05, 0) is 30.2 Å². The van der Waals surface area contributed by atoms with Crippen LogP contribution in [0.15, 0.2) is 48.5 Å². The highest BCUT2D eigenvalue weighted by molar-refractivity contribution is 5.95. The van der Waals surface area contributed by atoms with Gasteiger partial charge in [0.1, 0.15) is 0 Å². The highest BCUT2D eigenvalue weighted by atomic mass is 19.4. The highest BCUT2D eigenvalue weighted by Crippen LogP contribution is 2.39. The van der Waals surface area contributed by atoms with Crippen molar-refractivity contribution in [2.75, 3.05) is 26.2 Å². The molecular formula is C24H22F8N2O. The number of amides is 1. The van der Waals surface area contributed by atoms with Crippen molar-refractivity contribution in [3.05, 3.63) is 70.8 Å². The van der Waals surface area contributed by atoms with Gasteiger partial charge in [0, 0.05) is 43.6 Å². The van der Waals surface area contributed by atoms with Crippen molar-refractivity contribution in [1.82, 2.24) is 9.80 Å². The number of nitrogens with zero attached hydrogens (tertiary/aromatic N) is 2. The molecule has 2 aromatic carbocycles. The van der Waals surface area contributed by atoms with Crippen molar-refractivity contribution in [3.63, 3.8) is 0 Å². The number of hydrogen-bond donors (Lipinski definition) is 0. The summed E-state index contributed by atoms with van der Waals surface area (Å²) in [5, 5.41) is 0. The molecule has 2 saturated heterocycles. The smallest absolute Gasteiger partial charge is 0.338 e. The molecule has 0 aromatic heterocycles. The summed E-state index contributed by atoms with van der Waals surface area (Å²) in [6.45, 7) is -0.269. The molecular weight excluding hydrogens is 484 g/mol. The lowest BCUT2D eigenvalue weighted by molar-refractivity contribution is -0.143. The van der Waals surface area contributed by atoms with Crippen LogP contribution in [0.1, 0.15) is 45.8 Å². The number of rotatable bonds is 3. The lowest BCUT2D eigenvalue weighted by Crippen LogP contribution is -2.51. The number of halogens is 8. The van der Waals surface area contributed by atoms with Crippen LogP contribution in [0.25, 0.3) is 0 Å². The van der Waals surface area contributed by atoms with Crippen LogP contribution in [0.3, 0.4) is 0 Å². The van der Waals surface area contributed by atoms with Crippen molar-refractivity contribution in [2.24, 2.45) is 0 Å². The first-order valence-corrected chi connectivity index (χ1v) is 11.0. The summed E-state index contributed by atoms with van der Waals surface area (Å²) in [5.74, 6) is -4.23. The Bertz CT molecular complexity index is 1040. The minimum absolute atomic E-state index is 0.0203. The fraction of sp³-hybridized carbons (Fsp3) is 0.458. The molecule has 0 bridgehead atoms. The molecule has 190 valence electrons. The number of benzene rings is 2. The van der Waals surface area contributed by atoms with E-state index in [0.717, 1.165) is 5.56 Å². The van der Waals surface area contributed by atoms with Gasteiger partial charge in [-0.1, -0.05) is 30.3 Å². The highest BCUT2D eigenvalue weighted by Gasteiger charge is 2.45. The molecule has 2 aliphatic rings. The van der Waals surface area contributed by atoms with E-state index in [4.69, 9.17) is 0 Å². The molecule has 2 fully saturated rings. The van der Waals surface area contributed by atoms with Crippen LogP contribution >= 0.6 is 0 Å². The van der Waals surface area contributed by atoms with Gasteiger partial charge >= 0.3 is 12.4 Å². The SMILES string of the molecule is O=C(c1cc(C(F)(F)F)cc(C(F)(F)F)c1)N1CC[C@H](N2CCC(F)(F)C2)[C@H](c2ccccc2)C1. The molecule has 0 saturated carbocycles.